The molecule has 1 fully saturated rings. The summed E-state index contributed by atoms with van der Waals surface area (Å²) in [5.74, 6) is 0.649. The van der Waals surface area contributed by atoms with Crippen LogP contribution in [-0.2, 0) is 26.1 Å². The molecule has 150 valence electrons. The van der Waals surface area contributed by atoms with E-state index in [1.807, 2.05) is 0 Å². The fourth-order valence-electron chi connectivity index (χ4n) is 3.17. The molecular weight excluding hydrogens is 406 g/mol. The summed E-state index contributed by atoms with van der Waals surface area (Å²) in [5, 5.41) is 3.98. The summed E-state index contributed by atoms with van der Waals surface area (Å²) in [5.41, 5.74) is 0.954. The van der Waals surface area contributed by atoms with Crippen molar-refractivity contribution in [2.75, 3.05) is 26.9 Å². The second-order valence-corrected chi connectivity index (χ2v) is 8.64. The Morgan fingerprint density at radius 1 is 1.32 bits per heavy atom. The molecule has 1 aromatic carbocycles. The normalized spacial score (nSPS) is 18.2. The van der Waals surface area contributed by atoms with E-state index in [0.717, 1.165) is 11.7 Å². The van der Waals surface area contributed by atoms with Crippen LogP contribution in [0.15, 0.2) is 27.6 Å². The largest absolute Gasteiger partial charge is 0.382 e. The summed E-state index contributed by atoms with van der Waals surface area (Å²) in [4.78, 5) is 4.47. The van der Waals surface area contributed by atoms with E-state index in [9.17, 15) is 8.42 Å². The van der Waals surface area contributed by atoms with Crippen LogP contribution in [0.4, 0.5) is 0 Å². The first-order valence-corrected chi connectivity index (χ1v) is 10.9. The van der Waals surface area contributed by atoms with Crippen molar-refractivity contribution in [1.82, 2.24) is 23.2 Å². The smallest absolute Gasteiger partial charge is 0.252 e. The summed E-state index contributed by atoms with van der Waals surface area (Å²) in [7, 11) is -2.19. The van der Waals surface area contributed by atoms with Gasteiger partial charge in [0.25, 0.3) is 5.89 Å². The number of fused-ring (bicyclic) bond motifs is 1. The average molecular weight is 425 g/mol. The van der Waals surface area contributed by atoms with E-state index in [2.05, 4.69) is 18.9 Å². The number of ether oxygens (including phenoxy) is 2. The fraction of sp³-hybridized carbons (Fsp3) is 0.500. The van der Waals surface area contributed by atoms with Crippen LogP contribution in [0, 0.1) is 0 Å². The molecule has 1 aliphatic rings. The van der Waals surface area contributed by atoms with Gasteiger partial charge >= 0.3 is 0 Å². The molecule has 0 amide bonds. The first-order chi connectivity index (χ1) is 13.6. The van der Waals surface area contributed by atoms with Gasteiger partial charge in [-0.3, -0.25) is 0 Å². The molecule has 1 atom stereocenters. The SMILES string of the molecule is COCCOCc1nc(C2CCCN2S(=O)(=O)c2cccc3nsnc23)no1. The molecule has 28 heavy (non-hydrogen) atoms. The first kappa shape index (κ1) is 19.3. The van der Waals surface area contributed by atoms with Crippen LogP contribution in [0.25, 0.3) is 11.0 Å². The van der Waals surface area contributed by atoms with Crippen LogP contribution in [0.3, 0.4) is 0 Å². The third-order valence-corrected chi connectivity index (χ3v) is 6.96. The molecule has 0 N–H and O–H groups in total. The van der Waals surface area contributed by atoms with E-state index in [1.54, 1.807) is 25.3 Å². The van der Waals surface area contributed by atoms with Gasteiger partial charge in [-0.15, -0.1) is 0 Å². The van der Waals surface area contributed by atoms with Gasteiger partial charge < -0.3 is 14.0 Å². The number of methoxy groups -OCH3 is 1. The highest BCUT2D eigenvalue weighted by molar-refractivity contribution is 7.89. The molecule has 1 aliphatic heterocycles. The van der Waals surface area contributed by atoms with E-state index < -0.39 is 16.1 Å². The fourth-order valence-corrected chi connectivity index (χ4v) is 5.57. The van der Waals surface area contributed by atoms with Gasteiger partial charge in [0.1, 0.15) is 22.5 Å². The first-order valence-electron chi connectivity index (χ1n) is 8.73. The molecule has 0 aliphatic carbocycles. The lowest BCUT2D eigenvalue weighted by Gasteiger charge is -2.21. The number of rotatable bonds is 8. The summed E-state index contributed by atoms with van der Waals surface area (Å²) >= 11 is 0.992. The summed E-state index contributed by atoms with van der Waals surface area (Å²) in [6.07, 6.45) is 1.33. The number of aromatic nitrogens is 4. The second kappa shape index (κ2) is 8.17. The lowest BCUT2D eigenvalue weighted by atomic mass is 10.2. The van der Waals surface area contributed by atoms with Crippen molar-refractivity contribution in [2.24, 2.45) is 0 Å². The van der Waals surface area contributed by atoms with Gasteiger partial charge in [0.05, 0.1) is 31.0 Å². The van der Waals surface area contributed by atoms with Crippen molar-refractivity contribution in [3.63, 3.8) is 0 Å². The standard InChI is InChI=1S/C16H19N5O5S2/c1-24-8-9-25-10-14-17-16(18-26-14)12-5-3-7-21(12)28(22,23)13-6-2-4-11-15(13)20-27-19-11/h2,4,6,12H,3,5,7-10H2,1H3. The molecule has 4 rings (SSSR count). The van der Waals surface area contributed by atoms with Gasteiger partial charge in [-0.25, -0.2) is 8.42 Å². The average Bonchev–Trinajstić information content (AvgIpc) is 3.44. The lowest BCUT2D eigenvalue weighted by Crippen LogP contribution is -2.31. The minimum Gasteiger partial charge on any atom is -0.382 e. The number of benzene rings is 1. The molecule has 1 unspecified atom stereocenters. The van der Waals surface area contributed by atoms with Crippen molar-refractivity contribution in [2.45, 2.75) is 30.4 Å². The van der Waals surface area contributed by atoms with E-state index in [1.165, 1.54) is 4.31 Å². The number of hydrogen-bond acceptors (Lipinski definition) is 10. The zero-order valence-corrected chi connectivity index (χ0v) is 16.8. The van der Waals surface area contributed by atoms with Crippen LogP contribution < -0.4 is 0 Å². The zero-order chi connectivity index (χ0) is 19.6. The Kier molecular flexibility index (Phi) is 5.64. The summed E-state index contributed by atoms with van der Waals surface area (Å²) in [6, 6.07) is 4.49. The molecule has 3 aromatic rings. The summed E-state index contributed by atoms with van der Waals surface area (Å²) in [6.45, 7) is 1.41. The molecule has 0 saturated carbocycles. The van der Waals surface area contributed by atoms with Gasteiger partial charge in [0, 0.05) is 13.7 Å². The van der Waals surface area contributed by atoms with Crippen LogP contribution in [0.2, 0.25) is 0 Å². The Morgan fingerprint density at radius 3 is 3.07 bits per heavy atom. The maximum absolute atomic E-state index is 13.3. The topological polar surface area (TPSA) is 121 Å². The Bertz CT molecular complexity index is 1050. The predicted octanol–water partition coefficient (Wildman–Crippen LogP) is 1.76. The molecule has 2 aromatic heterocycles. The van der Waals surface area contributed by atoms with Crippen molar-refractivity contribution in [3.8, 4) is 0 Å². The van der Waals surface area contributed by atoms with Crippen LogP contribution >= 0.6 is 11.7 Å². The Hall–Kier alpha value is -1.99. The molecule has 0 spiro atoms. The third-order valence-electron chi connectivity index (χ3n) is 4.48. The van der Waals surface area contributed by atoms with E-state index in [-0.39, 0.29) is 11.5 Å². The monoisotopic (exact) mass is 425 g/mol. The Balaban J connectivity index is 1.57. The van der Waals surface area contributed by atoms with Gasteiger partial charge in [0.15, 0.2) is 5.82 Å². The zero-order valence-electron chi connectivity index (χ0n) is 15.1. The van der Waals surface area contributed by atoms with Crippen LogP contribution in [0.1, 0.15) is 30.6 Å². The highest BCUT2D eigenvalue weighted by Crippen LogP contribution is 2.36. The molecule has 10 nitrogen and oxygen atoms in total. The lowest BCUT2D eigenvalue weighted by molar-refractivity contribution is 0.0494. The van der Waals surface area contributed by atoms with Crippen molar-refractivity contribution in [1.29, 1.82) is 0 Å². The van der Waals surface area contributed by atoms with Gasteiger partial charge in [-0.1, -0.05) is 11.2 Å². The van der Waals surface area contributed by atoms with Gasteiger partial charge in [0.2, 0.25) is 10.0 Å². The summed E-state index contributed by atoms with van der Waals surface area (Å²) < 4.78 is 51.8. The maximum Gasteiger partial charge on any atom is 0.252 e. The molecule has 12 heteroatoms. The van der Waals surface area contributed by atoms with Crippen molar-refractivity contribution < 1.29 is 22.4 Å². The molecule has 0 radical (unpaired) electrons. The van der Waals surface area contributed by atoms with E-state index in [4.69, 9.17) is 14.0 Å². The molecule has 3 heterocycles. The molecule has 0 bridgehead atoms. The minimum atomic E-state index is -3.78. The Labute approximate surface area is 165 Å². The highest BCUT2D eigenvalue weighted by Gasteiger charge is 2.39. The minimum absolute atomic E-state index is 0.150. The van der Waals surface area contributed by atoms with E-state index in [0.29, 0.717) is 55.3 Å². The predicted molar refractivity (Wildman–Crippen MR) is 99.1 cm³/mol. The third kappa shape index (κ3) is 3.65. The van der Waals surface area contributed by atoms with Crippen molar-refractivity contribution in [3.05, 3.63) is 29.9 Å². The second-order valence-electron chi connectivity index (χ2n) is 6.25. The Morgan fingerprint density at radius 2 is 2.21 bits per heavy atom. The van der Waals surface area contributed by atoms with E-state index >= 15 is 0 Å². The maximum atomic E-state index is 13.3. The molecular formula is C16H19N5O5S2. The van der Waals surface area contributed by atoms with Gasteiger partial charge in [-0.05, 0) is 25.0 Å². The quantitative estimate of drug-likeness (QED) is 0.497. The van der Waals surface area contributed by atoms with Crippen molar-refractivity contribution >= 4 is 32.8 Å². The number of hydrogen-bond donors (Lipinski definition) is 0. The molecule has 1 saturated heterocycles. The van der Waals surface area contributed by atoms with Crippen LogP contribution in [0.5, 0.6) is 0 Å². The van der Waals surface area contributed by atoms with Gasteiger partial charge in [-0.2, -0.15) is 18.0 Å². The highest BCUT2D eigenvalue weighted by atomic mass is 32.2. The number of nitrogens with zero attached hydrogens (tertiary/aromatic N) is 5. The number of sulfonamides is 1. The van der Waals surface area contributed by atoms with Crippen LogP contribution in [-0.4, -0.2) is 58.5 Å².